The van der Waals surface area contributed by atoms with Crippen LogP contribution in [0.5, 0.6) is 0 Å². The summed E-state index contributed by atoms with van der Waals surface area (Å²) in [7, 11) is 0. The third kappa shape index (κ3) is 3.27. The van der Waals surface area contributed by atoms with Gasteiger partial charge in [0.05, 0.1) is 5.69 Å². The Labute approximate surface area is 124 Å². The Balaban J connectivity index is 1.63. The molecule has 1 fully saturated rings. The molecule has 0 amide bonds. The summed E-state index contributed by atoms with van der Waals surface area (Å²) in [6, 6.07) is 1.53. The topological polar surface area (TPSA) is 87.8 Å². The molecule has 0 radical (unpaired) electrons. The summed E-state index contributed by atoms with van der Waals surface area (Å²) < 4.78 is 1.30. The van der Waals surface area contributed by atoms with Crippen molar-refractivity contribution < 1.29 is 9.90 Å². The maximum atomic E-state index is 11.9. The predicted molar refractivity (Wildman–Crippen MR) is 77.4 cm³/mol. The minimum absolute atomic E-state index is 0.155. The van der Waals surface area contributed by atoms with E-state index in [4.69, 9.17) is 5.11 Å². The van der Waals surface area contributed by atoms with Crippen molar-refractivity contribution in [2.45, 2.75) is 25.8 Å². The van der Waals surface area contributed by atoms with Crippen molar-refractivity contribution in [3.8, 4) is 0 Å². The lowest BCUT2D eigenvalue weighted by atomic mass is 10.0. The molecule has 0 aliphatic carbocycles. The smallest absolute Gasteiger partial charge is 0.303 e. The number of carboxylic acids is 1. The van der Waals surface area contributed by atoms with Gasteiger partial charge in [0.1, 0.15) is 5.51 Å². The van der Waals surface area contributed by atoms with Crippen molar-refractivity contribution in [2.24, 2.45) is 5.92 Å². The maximum Gasteiger partial charge on any atom is 0.303 e. The third-order valence-electron chi connectivity index (χ3n) is 3.76. The minimum atomic E-state index is -0.737. The summed E-state index contributed by atoms with van der Waals surface area (Å²) >= 11 is 1.34. The predicted octanol–water partition coefficient (Wildman–Crippen LogP) is 0.838. The van der Waals surface area contributed by atoms with Crippen LogP contribution in [-0.4, -0.2) is 43.7 Å². The number of hydrogen-bond acceptors (Lipinski definition) is 6. The van der Waals surface area contributed by atoms with Gasteiger partial charge in [-0.1, -0.05) is 11.3 Å². The number of fused-ring (bicyclic) bond motifs is 1. The van der Waals surface area contributed by atoms with E-state index in [0.29, 0.717) is 17.4 Å². The number of carboxylic acid groups (broad SMARTS) is 1. The normalized spacial score (nSPS) is 19.3. The first-order chi connectivity index (χ1) is 10.1. The number of rotatable bonds is 5. The fraction of sp³-hybridized carbons (Fsp3) is 0.538. The van der Waals surface area contributed by atoms with Crippen LogP contribution in [0.15, 0.2) is 16.4 Å². The standard InChI is InChI=1S/C13H16N4O3S/c18-11-5-10(15-13-17(11)14-8-21-13)7-16-4-3-9(6-16)1-2-12(19)20/h5,8-9H,1-4,6-7H2,(H,19,20). The molecule has 0 spiro atoms. The van der Waals surface area contributed by atoms with Crippen molar-refractivity contribution in [1.29, 1.82) is 0 Å². The summed E-state index contributed by atoms with van der Waals surface area (Å²) in [4.78, 5) is 29.7. The van der Waals surface area contributed by atoms with Gasteiger partial charge in [0.2, 0.25) is 4.96 Å². The van der Waals surface area contributed by atoms with Crippen LogP contribution in [-0.2, 0) is 11.3 Å². The molecular formula is C13H16N4O3S. The highest BCUT2D eigenvalue weighted by atomic mass is 32.1. The lowest BCUT2D eigenvalue weighted by Gasteiger charge is -2.15. The summed E-state index contributed by atoms with van der Waals surface area (Å²) in [5.41, 5.74) is 2.20. The Bertz CT molecular complexity index is 711. The van der Waals surface area contributed by atoms with Crippen molar-refractivity contribution in [3.05, 3.63) is 27.6 Å². The number of carbonyl (C=O) groups is 1. The van der Waals surface area contributed by atoms with E-state index < -0.39 is 5.97 Å². The Morgan fingerprint density at radius 2 is 2.38 bits per heavy atom. The second-order valence-corrected chi connectivity index (χ2v) is 6.15. The molecule has 0 saturated carbocycles. The largest absolute Gasteiger partial charge is 0.481 e. The summed E-state index contributed by atoms with van der Waals surface area (Å²) in [6.07, 6.45) is 1.95. The monoisotopic (exact) mass is 308 g/mol. The number of aromatic nitrogens is 3. The van der Waals surface area contributed by atoms with E-state index in [-0.39, 0.29) is 12.0 Å². The number of hydrogen-bond donors (Lipinski definition) is 1. The van der Waals surface area contributed by atoms with Crippen molar-refractivity contribution >= 4 is 22.3 Å². The zero-order valence-corrected chi connectivity index (χ0v) is 12.3. The molecule has 2 aromatic rings. The van der Waals surface area contributed by atoms with Gasteiger partial charge >= 0.3 is 5.97 Å². The number of aliphatic carboxylic acids is 1. The van der Waals surface area contributed by atoms with Crippen LogP contribution in [0.4, 0.5) is 0 Å². The fourth-order valence-corrected chi connectivity index (χ4v) is 3.37. The first-order valence-electron chi connectivity index (χ1n) is 6.88. The van der Waals surface area contributed by atoms with Gasteiger partial charge < -0.3 is 5.11 Å². The molecule has 0 aromatic carbocycles. The van der Waals surface area contributed by atoms with E-state index in [0.717, 1.165) is 31.6 Å². The molecule has 1 aliphatic rings. The third-order valence-corrected chi connectivity index (χ3v) is 4.44. The van der Waals surface area contributed by atoms with Crippen LogP contribution in [0.1, 0.15) is 25.0 Å². The molecule has 1 aliphatic heterocycles. The first kappa shape index (κ1) is 14.2. The molecule has 7 nitrogen and oxygen atoms in total. The van der Waals surface area contributed by atoms with Gasteiger partial charge in [-0.05, 0) is 25.3 Å². The molecule has 1 unspecified atom stereocenters. The quantitative estimate of drug-likeness (QED) is 0.880. The average molecular weight is 308 g/mol. The van der Waals surface area contributed by atoms with Gasteiger partial charge in [0.15, 0.2) is 0 Å². The van der Waals surface area contributed by atoms with E-state index in [1.165, 1.54) is 21.9 Å². The van der Waals surface area contributed by atoms with Crippen molar-refractivity contribution in [1.82, 2.24) is 19.5 Å². The minimum Gasteiger partial charge on any atom is -0.481 e. The van der Waals surface area contributed by atoms with E-state index in [9.17, 15) is 9.59 Å². The van der Waals surface area contributed by atoms with E-state index in [1.54, 1.807) is 5.51 Å². The number of likely N-dealkylation sites (tertiary alicyclic amines) is 1. The second-order valence-electron chi connectivity index (χ2n) is 5.34. The van der Waals surface area contributed by atoms with Gasteiger partial charge in [0.25, 0.3) is 5.56 Å². The molecule has 0 bridgehead atoms. The molecular weight excluding hydrogens is 292 g/mol. The van der Waals surface area contributed by atoms with Crippen molar-refractivity contribution in [3.63, 3.8) is 0 Å². The lowest BCUT2D eigenvalue weighted by Crippen LogP contribution is -2.23. The molecule has 112 valence electrons. The van der Waals surface area contributed by atoms with Crippen LogP contribution in [0, 0.1) is 5.92 Å². The Morgan fingerprint density at radius 3 is 3.19 bits per heavy atom. The lowest BCUT2D eigenvalue weighted by molar-refractivity contribution is -0.137. The highest BCUT2D eigenvalue weighted by molar-refractivity contribution is 7.14. The Morgan fingerprint density at radius 1 is 1.52 bits per heavy atom. The van der Waals surface area contributed by atoms with E-state index in [2.05, 4.69) is 15.0 Å². The molecule has 1 atom stereocenters. The first-order valence-corrected chi connectivity index (χ1v) is 7.76. The van der Waals surface area contributed by atoms with Crippen LogP contribution < -0.4 is 5.56 Å². The van der Waals surface area contributed by atoms with Crippen molar-refractivity contribution in [2.75, 3.05) is 13.1 Å². The average Bonchev–Trinajstić information content (AvgIpc) is 3.05. The molecule has 3 rings (SSSR count). The van der Waals surface area contributed by atoms with Crippen LogP contribution in [0.25, 0.3) is 4.96 Å². The molecule has 21 heavy (non-hydrogen) atoms. The highest BCUT2D eigenvalue weighted by Gasteiger charge is 2.23. The Kier molecular flexibility index (Phi) is 3.98. The molecule has 8 heteroatoms. The van der Waals surface area contributed by atoms with Gasteiger partial charge in [-0.2, -0.15) is 9.61 Å². The number of nitrogens with zero attached hydrogens (tertiary/aromatic N) is 4. The second kappa shape index (κ2) is 5.90. The summed E-state index contributed by atoms with van der Waals surface area (Å²) in [5, 5.41) is 12.7. The summed E-state index contributed by atoms with van der Waals surface area (Å²) in [6.45, 7) is 2.43. The van der Waals surface area contributed by atoms with Gasteiger partial charge in [0, 0.05) is 25.6 Å². The SMILES string of the molecule is O=C(O)CCC1CCN(Cc2cc(=O)n3ncsc3n2)C1. The van der Waals surface area contributed by atoms with Gasteiger partial charge in [-0.15, -0.1) is 0 Å². The molecule has 2 aromatic heterocycles. The van der Waals surface area contributed by atoms with Gasteiger partial charge in [-0.3, -0.25) is 14.5 Å². The van der Waals surface area contributed by atoms with Crippen LogP contribution in [0.3, 0.4) is 0 Å². The fourth-order valence-electron chi connectivity index (χ4n) is 2.73. The van der Waals surface area contributed by atoms with E-state index >= 15 is 0 Å². The van der Waals surface area contributed by atoms with Gasteiger partial charge in [-0.25, -0.2) is 4.98 Å². The molecule has 1 saturated heterocycles. The van der Waals surface area contributed by atoms with Crippen LogP contribution >= 0.6 is 11.3 Å². The summed E-state index contributed by atoms with van der Waals surface area (Å²) in [5.74, 6) is -0.312. The highest BCUT2D eigenvalue weighted by Crippen LogP contribution is 2.22. The molecule has 3 heterocycles. The van der Waals surface area contributed by atoms with E-state index in [1.807, 2.05) is 0 Å². The van der Waals surface area contributed by atoms with Crippen LogP contribution in [0.2, 0.25) is 0 Å². The zero-order chi connectivity index (χ0) is 14.8. The molecule has 1 N–H and O–H groups in total. The Hall–Kier alpha value is -1.80. The maximum absolute atomic E-state index is 11.9. The zero-order valence-electron chi connectivity index (χ0n) is 11.4.